The Balaban J connectivity index is 3.56. The molecule has 0 spiro atoms. The molecular formula is C18H43NO3Si2. The summed E-state index contributed by atoms with van der Waals surface area (Å²) in [4.78, 5) is 0. The van der Waals surface area contributed by atoms with Gasteiger partial charge in [-0.1, -0.05) is 26.8 Å². The van der Waals surface area contributed by atoms with E-state index >= 15 is 0 Å². The summed E-state index contributed by atoms with van der Waals surface area (Å²) in [5, 5.41) is 3.58. The molecule has 0 amide bonds. The molecule has 4 nitrogen and oxygen atoms in total. The van der Waals surface area contributed by atoms with E-state index in [0.717, 1.165) is 52.2 Å². The lowest BCUT2D eigenvalue weighted by Crippen LogP contribution is -2.32. The molecule has 0 atom stereocenters. The maximum absolute atomic E-state index is 6.00. The molecule has 0 fully saturated rings. The molecule has 0 saturated carbocycles. The number of hydrogen-bond donors (Lipinski definition) is 1. The van der Waals surface area contributed by atoms with Gasteiger partial charge in [-0.3, -0.25) is 0 Å². The van der Waals surface area contributed by atoms with E-state index in [9.17, 15) is 0 Å². The van der Waals surface area contributed by atoms with Gasteiger partial charge in [-0.2, -0.15) is 0 Å². The van der Waals surface area contributed by atoms with Gasteiger partial charge in [0.1, 0.15) is 5.91 Å². The van der Waals surface area contributed by atoms with Crippen LogP contribution >= 0.6 is 0 Å². The van der Waals surface area contributed by atoms with Gasteiger partial charge < -0.3 is 19.2 Å². The summed E-state index contributed by atoms with van der Waals surface area (Å²) in [7, 11) is -1.69. The Morgan fingerprint density at radius 2 is 1.46 bits per heavy atom. The summed E-state index contributed by atoms with van der Waals surface area (Å²) < 4.78 is 17.6. The maximum Gasteiger partial charge on any atom is 0.186 e. The number of nitrogens with one attached hydrogen (secondary N) is 1. The van der Waals surface area contributed by atoms with Crippen LogP contribution in [0.5, 0.6) is 0 Å². The SMILES string of the molecule is CCCOC(OCCC)[SiH2]CCCNCCC[Si](C)(C)OCCC. The predicted molar refractivity (Wildman–Crippen MR) is 110 cm³/mol. The van der Waals surface area contributed by atoms with Gasteiger partial charge in [-0.05, 0) is 64.3 Å². The van der Waals surface area contributed by atoms with Gasteiger partial charge >= 0.3 is 0 Å². The summed E-state index contributed by atoms with van der Waals surface area (Å²) in [5.41, 5.74) is 0. The zero-order chi connectivity index (χ0) is 18.1. The first kappa shape index (κ1) is 24.3. The van der Waals surface area contributed by atoms with Crippen LogP contribution in [0.4, 0.5) is 0 Å². The average molecular weight is 378 g/mol. The van der Waals surface area contributed by atoms with Crippen molar-refractivity contribution in [3.8, 4) is 0 Å². The zero-order valence-electron chi connectivity index (χ0n) is 17.0. The van der Waals surface area contributed by atoms with Crippen LogP contribution in [0.25, 0.3) is 0 Å². The second kappa shape index (κ2) is 16.7. The van der Waals surface area contributed by atoms with Crippen molar-refractivity contribution < 1.29 is 13.9 Å². The Hall–Kier alpha value is 0.274. The molecule has 146 valence electrons. The van der Waals surface area contributed by atoms with Crippen LogP contribution < -0.4 is 5.32 Å². The van der Waals surface area contributed by atoms with Gasteiger partial charge in [-0.15, -0.1) is 0 Å². The Morgan fingerprint density at radius 1 is 0.875 bits per heavy atom. The second-order valence-corrected chi connectivity index (χ2v) is 13.4. The van der Waals surface area contributed by atoms with Crippen molar-refractivity contribution in [1.82, 2.24) is 5.32 Å². The lowest BCUT2D eigenvalue weighted by Gasteiger charge is -2.22. The van der Waals surface area contributed by atoms with Crippen molar-refractivity contribution in [2.45, 2.75) is 84.0 Å². The highest BCUT2D eigenvalue weighted by atomic mass is 28.4. The molecule has 0 bridgehead atoms. The summed E-state index contributed by atoms with van der Waals surface area (Å²) in [6.07, 6.45) is 5.76. The van der Waals surface area contributed by atoms with Gasteiger partial charge in [0.05, 0.1) is 9.52 Å². The molecule has 0 aromatic rings. The van der Waals surface area contributed by atoms with Crippen molar-refractivity contribution in [1.29, 1.82) is 0 Å². The van der Waals surface area contributed by atoms with Crippen LogP contribution in [0.3, 0.4) is 0 Å². The molecule has 24 heavy (non-hydrogen) atoms. The van der Waals surface area contributed by atoms with Gasteiger partial charge in [0.25, 0.3) is 0 Å². The van der Waals surface area contributed by atoms with Gasteiger partial charge in [0.15, 0.2) is 8.32 Å². The molecule has 0 aliphatic heterocycles. The van der Waals surface area contributed by atoms with E-state index in [1.54, 1.807) is 0 Å². The third-order valence-corrected chi connectivity index (χ3v) is 8.28. The third-order valence-electron chi connectivity index (χ3n) is 3.89. The van der Waals surface area contributed by atoms with E-state index in [4.69, 9.17) is 13.9 Å². The molecule has 0 rings (SSSR count). The molecule has 0 unspecified atom stereocenters. The predicted octanol–water partition coefficient (Wildman–Crippen LogP) is 3.71. The first-order valence-corrected chi connectivity index (χ1v) is 15.1. The van der Waals surface area contributed by atoms with Crippen molar-refractivity contribution >= 4 is 17.8 Å². The minimum Gasteiger partial charge on any atom is -0.417 e. The quantitative estimate of drug-likeness (QED) is 0.224. The van der Waals surface area contributed by atoms with Crippen molar-refractivity contribution in [3.63, 3.8) is 0 Å². The Kier molecular flexibility index (Phi) is 16.9. The smallest absolute Gasteiger partial charge is 0.186 e. The van der Waals surface area contributed by atoms with Gasteiger partial charge in [0, 0.05) is 19.8 Å². The van der Waals surface area contributed by atoms with Crippen LogP contribution in [0.2, 0.25) is 25.2 Å². The summed E-state index contributed by atoms with van der Waals surface area (Å²) in [6, 6.07) is 2.55. The average Bonchev–Trinajstić information content (AvgIpc) is 2.57. The highest BCUT2D eigenvalue weighted by Crippen LogP contribution is 2.13. The molecule has 0 radical (unpaired) electrons. The summed E-state index contributed by atoms with van der Waals surface area (Å²) in [6.45, 7) is 16.0. The largest absolute Gasteiger partial charge is 0.417 e. The van der Waals surface area contributed by atoms with E-state index in [2.05, 4.69) is 39.2 Å². The first-order chi connectivity index (χ1) is 11.6. The van der Waals surface area contributed by atoms with Gasteiger partial charge in [-0.25, -0.2) is 0 Å². The lowest BCUT2D eigenvalue weighted by atomic mass is 10.4. The van der Waals surface area contributed by atoms with Crippen molar-refractivity contribution in [2.75, 3.05) is 32.9 Å². The highest BCUT2D eigenvalue weighted by molar-refractivity contribution is 6.71. The maximum atomic E-state index is 6.00. The Morgan fingerprint density at radius 3 is 2.04 bits per heavy atom. The minimum absolute atomic E-state index is 0.132. The van der Waals surface area contributed by atoms with Crippen molar-refractivity contribution in [3.05, 3.63) is 0 Å². The number of ether oxygens (including phenoxy) is 2. The van der Waals surface area contributed by atoms with Crippen LogP contribution in [-0.4, -0.2) is 56.7 Å². The van der Waals surface area contributed by atoms with Crippen LogP contribution in [0.1, 0.15) is 52.9 Å². The van der Waals surface area contributed by atoms with Crippen molar-refractivity contribution in [2.24, 2.45) is 0 Å². The Bertz CT molecular complexity index is 261. The monoisotopic (exact) mass is 377 g/mol. The van der Waals surface area contributed by atoms with Crippen LogP contribution in [0.15, 0.2) is 0 Å². The molecule has 0 aliphatic carbocycles. The molecule has 0 aliphatic rings. The fourth-order valence-corrected chi connectivity index (χ4v) is 5.96. The minimum atomic E-state index is -1.41. The second-order valence-electron chi connectivity index (χ2n) is 7.13. The van der Waals surface area contributed by atoms with E-state index < -0.39 is 8.32 Å². The standard InChI is InChI=1S/C18H43NO3Si2/c1-6-13-20-18(21-14-7-2)23-16-9-11-19-12-10-17-24(4,5)22-15-8-3/h18-19H,6-17,23H2,1-5H3. The fraction of sp³-hybridized carbons (Fsp3) is 1.00. The topological polar surface area (TPSA) is 39.7 Å². The van der Waals surface area contributed by atoms with E-state index in [-0.39, 0.29) is 15.4 Å². The molecule has 0 aromatic heterocycles. The number of hydrogen-bond acceptors (Lipinski definition) is 4. The normalized spacial score (nSPS) is 12.8. The lowest BCUT2D eigenvalue weighted by molar-refractivity contribution is -0.0904. The zero-order valence-corrected chi connectivity index (χ0v) is 19.4. The highest BCUT2D eigenvalue weighted by Gasteiger charge is 2.20. The molecule has 6 heteroatoms. The van der Waals surface area contributed by atoms with Crippen LogP contribution in [0, 0.1) is 0 Å². The van der Waals surface area contributed by atoms with E-state index in [1.165, 1.54) is 24.9 Å². The molecule has 0 saturated heterocycles. The van der Waals surface area contributed by atoms with Crippen LogP contribution in [-0.2, 0) is 13.9 Å². The number of rotatable bonds is 18. The molecular weight excluding hydrogens is 334 g/mol. The first-order valence-electron chi connectivity index (χ1n) is 10.1. The Labute approximate surface area is 154 Å². The van der Waals surface area contributed by atoms with Gasteiger partial charge in [0.2, 0.25) is 0 Å². The molecule has 0 heterocycles. The third kappa shape index (κ3) is 15.8. The van der Waals surface area contributed by atoms with E-state index in [1.807, 2.05) is 0 Å². The van der Waals surface area contributed by atoms with E-state index in [0.29, 0.717) is 0 Å². The fourth-order valence-electron chi connectivity index (χ4n) is 2.49. The molecule has 0 aromatic carbocycles. The molecule has 1 N–H and O–H groups in total. The summed E-state index contributed by atoms with van der Waals surface area (Å²) >= 11 is 0. The summed E-state index contributed by atoms with van der Waals surface area (Å²) in [5.74, 6) is 0.132.